The first-order valence-electron chi connectivity index (χ1n) is 6.98. The zero-order valence-corrected chi connectivity index (χ0v) is 11.2. The number of pyridine rings is 1. The van der Waals surface area contributed by atoms with Gasteiger partial charge >= 0.3 is 0 Å². The summed E-state index contributed by atoms with van der Waals surface area (Å²) < 4.78 is 5.73. The number of nitrogens with one attached hydrogen (secondary N) is 1. The molecule has 1 aromatic heterocycles. The number of nitrogens with zero attached hydrogens (tertiary/aromatic N) is 1. The van der Waals surface area contributed by atoms with Crippen molar-refractivity contribution < 1.29 is 9.84 Å². The van der Waals surface area contributed by atoms with Gasteiger partial charge in [-0.3, -0.25) is 0 Å². The van der Waals surface area contributed by atoms with E-state index in [2.05, 4.69) is 10.3 Å². The Kier molecular flexibility index (Phi) is 5.57. The van der Waals surface area contributed by atoms with Crippen molar-refractivity contribution in [3.63, 3.8) is 0 Å². The number of piperidine rings is 1. The number of rotatable bonds is 6. The topological polar surface area (TPSA) is 80.4 Å². The highest BCUT2D eigenvalue weighted by atomic mass is 16.5. The smallest absolute Gasteiger partial charge is 0.213 e. The Morgan fingerprint density at radius 3 is 2.95 bits per heavy atom. The number of aliphatic hydroxyl groups is 1. The third kappa shape index (κ3) is 4.45. The molecule has 1 aliphatic heterocycles. The van der Waals surface area contributed by atoms with Crippen molar-refractivity contribution in [2.45, 2.75) is 25.4 Å². The van der Waals surface area contributed by atoms with Crippen molar-refractivity contribution in [2.24, 2.45) is 11.7 Å². The van der Waals surface area contributed by atoms with Gasteiger partial charge in [0.2, 0.25) is 5.88 Å². The van der Waals surface area contributed by atoms with Crippen molar-refractivity contribution in [3.8, 4) is 5.88 Å². The monoisotopic (exact) mass is 265 g/mol. The van der Waals surface area contributed by atoms with Crippen molar-refractivity contribution in [1.29, 1.82) is 0 Å². The second kappa shape index (κ2) is 7.43. The molecule has 0 spiro atoms. The zero-order chi connectivity index (χ0) is 13.5. The van der Waals surface area contributed by atoms with Crippen LogP contribution in [0.4, 0.5) is 0 Å². The van der Waals surface area contributed by atoms with E-state index in [-0.39, 0.29) is 0 Å². The lowest BCUT2D eigenvalue weighted by Gasteiger charge is -2.22. The van der Waals surface area contributed by atoms with E-state index in [1.807, 2.05) is 12.1 Å². The average Bonchev–Trinajstić information content (AvgIpc) is 2.47. The van der Waals surface area contributed by atoms with Gasteiger partial charge in [0.1, 0.15) is 0 Å². The Morgan fingerprint density at radius 1 is 1.42 bits per heavy atom. The molecule has 0 aliphatic carbocycles. The van der Waals surface area contributed by atoms with E-state index in [0.29, 0.717) is 37.1 Å². The molecule has 5 nitrogen and oxygen atoms in total. The first kappa shape index (κ1) is 14.2. The highest BCUT2D eigenvalue weighted by Gasteiger charge is 2.14. The fourth-order valence-corrected chi connectivity index (χ4v) is 2.25. The van der Waals surface area contributed by atoms with Crippen LogP contribution in [-0.4, -0.2) is 36.3 Å². The molecule has 0 bridgehead atoms. The number of hydrogen-bond acceptors (Lipinski definition) is 5. The average molecular weight is 265 g/mol. The lowest BCUT2D eigenvalue weighted by molar-refractivity contribution is 0.162. The molecule has 1 atom stereocenters. The molecular weight excluding hydrogens is 242 g/mol. The molecule has 1 saturated heterocycles. The zero-order valence-electron chi connectivity index (χ0n) is 11.2. The van der Waals surface area contributed by atoms with Gasteiger partial charge in [0.05, 0.1) is 18.4 Å². The summed E-state index contributed by atoms with van der Waals surface area (Å²) in [5, 5.41) is 13.2. The van der Waals surface area contributed by atoms with E-state index in [1.54, 1.807) is 6.07 Å². The molecule has 0 aromatic carbocycles. The maximum Gasteiger partial charge on any atom is 0.213 e. The SMILES string of the molecule is NCC[C@@H](O)c1cccc(OCC2CCNCC2)n1. The molecule has 19 heavy (non-hydrogen) atoms. The van der Waals surface area contributed by atoms with Crippen LogP contribution >= 0.6 is 0 Å². The van der Waals surface area contributed by atoms with Gasteiger partial charge in [-0.1, -0.05) is 6.07 Å². The third-order valence-corrected chi connectivity index (χ3v) is 3.45. The maximum atomic E-state index is 9.86. The normalized spacial score (nSPS) is 18.2. The van der Waals surface area contributed by atoms with Crippen LogP contribution in [0.1, 0.15) is 31.1 Å². The molecule has 5 heteroatoms. The minimum absolute atomic E-state index is 0.447. The van der Waals surface area contributed by atoms with Gasteiger partial charge in [0, 0.05) is 6.07 Å². The van der Waals surface area contributed by atoms with Crippen molar-refractivity contribution in [1.82, 2.24) is 10.3 Å². The van der Waals surface area contributed by atoms with E-state index in [0.717, 1.165) is 25.9 Å². The summed E-state index contributed by atoms with van der Waals surface area (Å²) in [6.07, 6.45) is 2.21. The summed E-state index contributed by atoms with van der Waals surface area (Å²) in [6, 6.07) is 5.50. The Morgan fingerprint density at radius 2 is 2.21 bits per heavy atom. The standard InChI is InChI=1S/C14H23N3O2/c15-7-4-13(18)12-2-1-3-14(17-12)19-10-11-5-8-16-9-6-11/h1-3,11,13,16,18H,4-10,15H2/t13-/m1/s1. The molecule has 0 radical (unpaired) electrons. The fourth-order valence-electron chi connectivity index (χ4n) is 2.25. The summed E-state index contributed by atoms with van der Waals surface area (Å²) in [6.45, 7) is 3.28. The van der Waals surface area contributed by atoms with Crippen molar-refractivity contribution >= 4 is 0 Å². The summed E-state index contributed by atoms with van der Waals surface area (Å²) in [5.41, 5.74) is 6.07. The highest BCUT2D eigenvalue weighted by Crippen LogP contribution is 2.18. The molecule has 0 saturated carbocycles. The molecule has 4 N–H and O–H groups in total. The Labute approximate surface area is 114 Å². The van der Waals surface area contributed by atoms with E-state index in [4.69, 9.17) is 10.5 Å². The molecule has 1 fully saturated rings. The van der Waals surface area contributed by atoms with E-state index in [1.165, 1.54) is 0 Å². The lowest BCUT2D eigenvalue weighted by Crippen LogP contribution is -2.30. The number of aromatic nitrogens is 1. The third-order valence-electron chi connectivity index (χ3n) is 3.45. The molecule has 1 aromatic rings. The molecule has 106 valence electrons. The van der Waals surface area contributed by atoms with Crippen LogP contribution in [0.25, 0.3) is 0 Å². The van der Waals surface area contributed by atoms with Crippen LogP contribution in [-0.2, 0) is 0 Å². The van der Waals surface area contributed by atoms with E-state index < -0.39 is 6.10 Å². The largest absolute Gasteiger partial charge is 0.477 e. The predicted molar refractivity (Wildman–Crippen MR) is 74.0 cm³/mol. The molecule has 2 heterocycles. The van der Waals surface area contributed by atoms with Gasteiger partial charge in [0.15, 0.2) is 0 Å². The van der Waals surface area contributed by atoms with Gasteiger partial charge < -0.3 is 20.9 Å². The molecule has 0 amide bonds. The maximum absolute atomic E-state index is 9.86. The first-order chi connectivity index (χ1) is 9.29. The van der Waals surface area contributed by atoms with Gasteiger partial charge in [-0.25, -0.2) is 4.98 Å². The first-order valence-corrected chi connectivity index (χ1v) is 6.98. The summed E-state index contributed by atoms with van der Waals surface area (Å²) in [4.78, 5) is 4.33. The minimum atomic E-state index is -0.604. The minimum Gasteiger partial charge on any atom is -0.477 e. The van der Waals surface area contributed by atoms with Crippen LogP contribution in [0, 0.1) is 5.92 Å². The Balaban J connectivity index is 1.87. The second-order valence-corrected chi connectivity index (χ2v) is 5.00. The molecule has 2 rings (SSSR count). The Bertz CT molecular complexity index is 381. The Hall–Kier alpha value is -1.17. The predicted octanol–water partition coefficient (Wildman–Crippen LogP) is 0.842. The number of hydrogen-bond donors (Lipinski definition) is 3. The van der Waals surface area contributed by atoms with Gasteiger partial charge in [-0.2, -0.15) is 0 Å². The van der Waals surface area contributed by atoms with Crippen LogP contribution in [0.3, 0.4) is 0 Å². The summed E-state index contributed by atoms with van der Waals surface area (Å²) in [5.74, 6) is 1.19. The molecule has 0 unspecified atom stereocenters. The number of ether oxygens (including phenoxy) is 1. The van der Waals surface area contributed by atoms with Gasteiger partial charge in [0.25, 0.3) is 0 Å². The second-order valence-electron chi connectivity index (χ2n) is 5.00. The highest BCUT2D eigenvalue weighted by molar-refractivity contribution is 5.17. The van der Waals surface area contributed by atoms with Crippen molar-refractivity contribution in [3.05, 3.63) is 23.9 Å². The van der Waals surface area contributed by atoms with Crippen LogP contribution < -0.4 is 15.8 Å². The van der Waals surface area contributed by atoms with E-state index in [9.17, 15) is 5.11 Å². The quantitative estimate of drug-likeness (QED) is 0.710. The van der Waals surface area contributed by atoms with Gasteiger partial charge in [-0.05, 0) is 50.9 Å². The lowest BCUT2D eigenvalue weighted by atomic mass is 9.99. The van der Waals surface area contributed by atoms with Crippen LogP contribution in [0.2, 0.25) is 0 Å². The van der Waals surface area contributed by atoms with Gasteiger partial charge in [-0.15, -0.1) is 0 Å². The molecular formula is C14H23N3O2. The summed E-state index contributed by atoms with van der Waals surface area (Å²) in [7, 11) is 0. The van der Waals surface area contributed by atoms with Crippen LogP contribution in [0.5, 0.6) is 5.88 Å². The van der Waals surface area contributed by atoms with Crippen molar-refractivity contribution in [2.75, 3.05) is 26.2 Å². The number of nitrogens with two attached hydrogens (primary N) is 1. The fraction of sp³-hybridized carbons (Fsp3) is 0.643. The molecule has 1 aliphatic rings. The van der Waals surface area contributed by atoms with Crippen LogP contribution in [0.15, 0.2) is 18.2 Å². The van der Waals surface area contributed by atoms with E-state index >= 15 is 0 Å². The number of aliphatic hydroxyl groups excluding tert-OH is 1. The summed E-state index contributed by atoms with van der Waals surface area (Å²) >= 11 is 0.